The van der Waals surface area contributed by atoms with Gasteiger partial charge in [-0.15, -0.1) is 0 Å². The van der Waals surface area contributed by atoms with Gasteiger partial charge in [-0.2, -0.15) is 0 Å². The monoisotopic (exact) mass is 236 g/mol. The van der Waals surface area contributed by atoms with Crippen molar-refractivity contribution in [1.82, 2.24) is 5.32 Å². The number of ether oxygens (including phenoxy) is 1. The number of nitrogens with one attached hydrogen (secondary N) is 1. The summed E-state index contributed by atoms with van der Waals surface area (Å²) in [7, 11) is 1.43. The number of nitrogens with zero attached hydrogens (tertiary/aromatic N) is 1. The van der Waals surface area contributed by atoms with E-state index in [0.29, 0.717) is 25.3 Å². The van der Waals surface area contributed by atoms with Crippen LogP contribution >= 0.6 is 0 Å². The third-order valence-corrected chi connectivity index (χ3v) is 2.06. The molecule has 0 bridgehead atoms. The van der Waals surface area contributed by atoms with E-state index in [9.17, 15) is 4.79 Å². The minimum atomic E-state index is 0.439. The topological polar surface area (TPSA) is 59.9 Å². The van der Waals surface area contributed by atoms with Gasteiger partial charge in [-0.25, -0.2) is 0 Å². The van der Waals surface area contributed by atoms with Gasteiger partial charge in [-0.05, 0) is 13.0 Å². The van der Waals surface area contributed by atoms with E-state index >= 15 is 0 Å². The number of carbonyl (C=O) groups is 1. The smallest absolute Gasteiger partial charge is 0.212 e. The summed E-state index contributed by atoms with van der Waals surface area (Å²) in [5.74, 6) is 1.22. The Bertz CT molecular complexity index is 391. The van der Waals surface area contributed by atoms with Crippen LogP contribution in [0.1, 0.15) is 12.5 Å². The van der Waals surface area contributed by atoms with Gasteiger partial charge in [0.15, 0.2) is 5.84 Å². The Kier molecular flexibility index (Phi) is 5.57. The van der Waals surface area contributed by atoms with E-state index in [1.54, 1.807) is 0 Å². The molecule has 0 fully saturated rings. The average Bonchev–Trinajstić information content (AvgIpc) is 2.33. The lowest BCUT2D eigenvalue weighted by Crippen LogP contribution is -2.24. The Hall–Kier alpha value is -2.04. The van der Waals surface area contributed by atoms with Gasteiger partial charge in [0, 0.05) is 12.0 Å². The Balaban J connectivity index is 2.84. The van der Waals surface area contributed by atoms with Crippen LogP contribution in [0.15, 0.2) is 29.4 Å². The van der Waals surface area contributed by atoms with Crippen LogP contribution in [0.2, 0.25) is 0 Å². The average molecular weight is 236 g/mol. The number of rotatable bonds is 6. The van der Waals surface area contributed by atoms with Gasteiger partial charge in [0.25, 0.3) is 0 Å². The summed E-state index contributed by atoms with van der Waals surface area (Å²) < 4.78 is 5.48. The summed E-state index contributed by atoms with van der Waals surface area (Å²) in [5, 5.41) is 6.22. The molecular weight excluding hydrogens is 220 g/mol. The van der Waals surface area contributed by atoms with Crippen molar-refractivity contribution in [1.29, 1.82) is 0 Å². The second-order valence-electron chi connectivity index (χ2n) is 3.20. The Morgan fingerprint density at radius 2 is 2.24 bits per heavy atom. The molecule has 0 saturated carbocycles. The molecule has 1 rings (SSSR count). The van der Waals surface area contributed by atoms with Crippen molar-refractivity contribution in [3.8, 4) is 5.75 Å². The number of carbonyl (C=O) groups excluding carboxylic acids is 1. The summed E-state index contributed by atoms with van der Waals surface area (Å²) in [5.41, 5.74) is 0.944. The van der Waals surface area contributed by atoms with Crippen LogP contribution in [-0.2, 0) is 16.1 Å². The molecule has 1 N–H and O–H groups in total. The SMILES string of the molecule is CCOc1ccccc1C/C(=N/OC)NC=O. The molecule has 0 aliphatic heterocycles. The quantitative estimate of drug-likeness (QED) is 0.351. The van der Waals surface area contributed by atoms with Crippen molar-refractivity contribution in [3.63, 3.8) is 0 Å². The number of oxime groups is 1. The molecule has 17 heavy (non-hydrogen) atoms. The minimum absolute atomic E-state index is 0.439. The molecule has 0 radical (unpaired) electrons. The summed E-state index contributed by atoms with van der Waals surface area (Å²) in [6, 6.07) is 7.60. The van der Waals surface area contributed by atoms with E-state index in [2.05, 4.69) is 15.3 Å². The fraction of sp³-hybridized carbons (Fsp3) is 0.333. The highest BCUT2D eigenvalue weighted by Crippen LogP contribution is 2.18. The lowest BCUT2D eigenvalue weighted by molar-refractivity contribution is -0.108. The van der Waals surface area contributed by atoms with E-state index in [-0.39, 0.29) is 0 Å². The molecule has 1 aromatic rings. The van der Waals surface area contributed by atoms with E-state index in [0.717, 1.165) is 11.3 Å². The van der Waals surface area contributed by atoms with Gasteiger partial charge < -0.3 is 14.9 Å². The Labute approximate surface area is 100 Å². The molecular formula is C12H16N2O3. The van der Waals surface area contributed by atoms with E-state index in [4.69, 9.17) is 4.74 Å². The highest BCUT2D eigenvalue weighted by Gasteiger charge is 2.07. The van der Waals surface area contributed by atoms with Crippen molar-refractivity contribution >= 4 is 12.2 Å². The number of benzene rings is 1. The van der Waals surface area contributed by atoms with Gasteiger partial charge in [-0.1, -0.05) is 23.4 Å². The van der Waals surface area contributed by atoms with Gasteiger partial charge >= 0.3 is 0 Å². The maximum Gasteiger partial charge on any atom is 0.212 e. The molecule has 0 unspecified atom stereocenters. The Morgan fingerprint density at radius 1 is 1.47 bits per heavy atom. The van der Waals surface area contributed by atoms with Crippen LogP contribution < -0.4 is 10.1 Å². The zero-order chi connectivity index (χ0) is 12.5. The van der Waals surface area contributed by atoms with Crippen LogP contribution in [0.5, 0.6) is 5.75 Å². The first-order chi connectivity index (χ1) is 8.31. The van der Waals surface area contributed by atoms with E-state index < -0.39 is 0 Å². The minimum Gasteiger partial charge on any atom is -0.494 e. The van der Waals surface area contributed by atoms with E-state index in [1.165, 1.54) is 7.11 Å². The van der Waals surface area contributed by atoms with Crippen molar-refractivity contribution < 1.29 is 14.4 Å². The summed E-state index contributed by atoms with van der Waals surface area (Å²) in [6.07, 6.45) is 1.02. The summed E-state index contributed by atoms with van der Waals surface area (Å²) in [6.45, 7) is 2.51. The highest BCUT2D eigenvalue weighted by atomic mass is 16.6. The van der Waals surface area contributed by atoms with Crippen molar-refractivity contribution in [2.45, 2.75) is 13.3 Å². The number of para-hydroxylation sites is 1. The lowest BCUT2D eigenvalue weighted by atomic mass is 10.1. The highest BCUT2D eigenvalue weighted by molar-refractivity contribution is 5.91. The number of hydrogen-bond donors (Lipinski definition) is 1. The third kappa shape index (κ3) is 4.14. The zero-order valence-electron chi connectivity index (χ0n) is 9.97. The van der Waals surface area contributed by atoms with Gasteiger partial charge in [0.05, 0.1) is 6.61 Å². The fourth-order valence-electron chi connectivity index (χ4n) is 1.41. The van der Waals surface area contributed by atoms with Crippen LogP contribution in [-0.4, -0.2) is 26.0 Å². The van der Waals surface area contributed by atoms with Crippen molar-refractivity contribution in [3.05, 3.63) is 29.8 Å². The summed E-state index contributed by atoms with van der Waals surface area (Å²) >= 11 is 0. The molecule has 92 valence electrons. The Morgan fingerprint density at radius 3 is 2.88 bits per heavy atom. The molecule has 0 aliphatic carbocycles. The lowest BCUT2D eigenvalue weighted by Gasteiger charge is -2.10. The van der Waals surface area contributed by atoms with E-state index in [1.807, 2.05) is 31.2 Å². The normalized spacial score (nSPS) is 10.8. The first-order valence-corrected chi connectivity index (χ1v) is 5.32. The molecule has 0 spiro atoms. The van der Waals surface area contributed by atoms with Crippen LogP contribution in [0, 0.1) is 0 Å². The van der Waals surface area contributed by atoms with Crippen molar-refractivity contribution in [2.75, 3.05) is 13.7 Å². The molecule has 0 aromatic heterocycles. The van der Waals surface area contributed by atoms with Crippen LogP contribution in [0.25, 0.3) is 0 Å². The second kappa shape index (κ2) is 7.27. The van der Waals surface area contributed by atoms with Gasteiger partial charge in [0.1, 0.15) is 12.9 Å². The molecule has 1 aromatic carbocycles. The molecule has 0 saturated heterocycles. The standard InChI is InChI=1S/C12H16N2O3/c1-3-17-11-7-5-4-6-10(11)8-12(13-9-15)14-16-2/h4-7,9H,3,8H2,1-2H3,(H,13,14,15). The second-order valence-corrected chi connectivity index (χ2v) is 3.20. The first-order valence-electron chi connectivity index (χ1n) is 5.32. The van der Waals surface area contributed by atoms with Crippen molar-refractivity contribution in [2.24, 2.45) is 5.16 Å². The predicted molar refractivity (Wildman–Crippen MR) is 65.0 cm³/mol. The fourth-order valence-corrected chi connectivity index (χ4v) is 1.41. The van der Waals surface area contributed by atoms with Crippen LogP contribution in [0.3, 0.4) is 0 Å². The van der Waals surface area contributed by atoms with Gasteiger partial charge in [-0.3, -0.25) is 4.79 Å². The number of amidine groups is 1. The molecule has 5 nitrogen and oxygen atoms in total. The van der Waals surface area contributed by atoms with Gasteiger partial charge in [0.2, 0.25) is 6.41 Å². The molecule has 1 amide bonds. The number of amides is 1. The number of hydrogen-bond acceptors (Lipinski definition) is 4. The predicted octanol–water partition coefficient (Wildman–Crippen LogP) is 1.33. The first kappa shape index (κ1) is 13.0. The third-order valence-electron chi connectivity index (χ3n) is 2.06. The molecule has 0 aliphatic rings. The molecule has 5 heteroatoms. The zero-order valence-corrected chi connectivity index (χ0v) is 9.97. The van der Waals surface area contributed by atoms with Crippen LogP contribution in [0.4, 0.5) is 0 Å². The summed E-state index contributed by atoms with van der Waals surface area (Å²) in [4.78, 5) is 15.1. The maximum absolute atomic E-state index is 10.4. The largest absolute Gasteiger partial charge is 0.494 e. The molecule has 0 atom stereocenters. The maximum atomic E-state index is 10.4. The molecule has 0 heterocycles.